The van der Waals surface area contributed by atoms with E-state index >= 15 is 0 Å². The summed E-state index contributed by atoms with van der Waals surface area (Å²) in [6.45, 7) is 1.81. The fourth-order valence-electron chi connectivity index (χ4n) is 3.54. The van der Waals surface area contributed by atoms with Crippen LogP contribution in [-0.4, -0.2) is 45.1 Å². The molecule has 0 aliphatic carbocycles. The third kappa shape index (κ3) is 5.53. The van der Waals surface area contributed by atoms with E-state index in [2.05, 4.69) is 10.6 Å². The zero-order chi connectivity index (χ0) is 22.6. The van der Waals surface area contributed by atoms with E-state index in [1.807, 2.05) is 30.5 Å². The van der Waals surface area contributed by atoms with Crippen LogP contribution in [0.1, 0.15) is 18.5 Å². The number of ether oxygens (including phenoxy) is 1. The van der Waals surface area contributed by atoms with Gasteiger partial charge in [0.2, 0.25) is 0 Å². The minimum absolute atomic E-state index is 0.0243. The summed E-state index contributed by atoms with van der Waals surface area (Å²) in [6, 6.07) is 11.0. The maximum atomic E-state index is 13.0. The number of amides is 2. The van der Waals surface area contributed by atoms with Crippen molar-refractivity contribution >= 4 is 45.2 Å². The van der Waals surface area contributed by atoms with Crippen molar-refractivity contribution in [1.82, 2.24) is 10.6 Å². The second-order valence-electron chi connectivity index (χ2n) is 6.99. The first-order valence-electron chi connectivity index (χ1n) is 9.61. The molecular weight excluding hydrogens is 460 g/mol. The molecule has 0 radical (unpaired) electrons. The summed E-state index contributed by atoms with van der Waals surface area (Å²) in [7, 11) is -3.84. The maximum absolute atomic E-state index is 13.0. The Hall–Kier alpha value is -2.23. The lowest BCUT2D eigenvalue weighted by Gasteiger charge is -2.38. The van der Waals surface area contributed by atoms with Gasteiger partial charge in [0, 0.05) is 9.92 Å². The zero-order valence-corrected chi connectivity index (χ0v) is 19.4. The van der Waals surface area contributed by atoms with Crippen molar-refractivity contribution in [2.24, 2.45) is 5.92 Å². The first-order chi connectivity index (χ1) is 14.7. The minimum Gasteiger partial charge on any atom is -0.466 e. The normalized spacial score (nSPS) is 21.1. The summed E-state index contributed by atoms with van der Waals surface area (Å²) in [6.07, 6.45) is 1.94. The van der Waals surface area contributed by atoms with Crippen molar-refractivity contribution in [3.05, 3.63) is 59.1 Å². The number of halogens is 1. The number of carbonyl (C=O) groups excluding carboxylic acids is 2. The number of hydrogen-bond acceptors (Lipinski definition) is 6. The number of benzene rings is 2. The Bertz CT molecular complexity index is 1060. The van der Waals surface area contributed by atoms with Gasteiger partial charge >= 0.3 is 12.0 Å². The molecule has 2 N–H and O–H groups in total. The van der Waals surface area contributed by atoms with Crippen LogP contribution >= 0.6 is 23.4 Å². The fraction of sp³-hybridized carbons (Fsp3) is 0.333. The van der Waals surface area contributed by atoms with E-state index in [9.17, 15) is 18.0 Å². The highest BCUT2D eigenvalue weighted by molar-refractivity contribution is 7.98. The van der Waals surface area contributed by atoms with E-state index in [-0.39, 0.29) is 16.5 Å². The van der Waals surface area contributed by atoms with Gasteiger partial charge in [0.1, 0.15) is 5.92 Å². The van der Waals surface area contributed by atoms with Gasteiger partial charge in [-0.25, -0.2) is 13.2 Å². The average molecular weight is 483 g/mol. The molecule has 10 heteroatoms. The minimum atomic E-state index is -3.84. The SMILES string of the molecule is CCOC(=O)C1C(CS(=O)(=O)c2cccc(Cl)c2)NC(=O)NC1c1ccc(SC)cc1. The van der Waals surface area contributed by atoms with Crippen LogP contribution in [0, 0.1) is 5.92 Å². The first-order valence-corrected chi connectivity index (χ1v) is 12.9. The summed E-state index contributed by atoms with van der Waals surface area (Å²) in [4.78, 5) is 26.3. The Morgan fingerprint density at radius 2 is 1.87 bits per heavy atom. The van der Waals surface area contributed by atoms with Gasteiger partial charge in [-0.05, 0) is 49.1 Å². The lowest BCUT2D eigenvalue weighted by Crippen LogP contribution is -2.60. The smallest absolute Gasteiger partial charge is 0.315 e. The van der Waals surface area contributed by atoms with Crippen molar-refractivity contribution in [3.63, 3.8) is 0 Å². The Morgan fingerprint density at radius 1 is 1.16 bits per heavy atom. The van der Waals surface area contributed by atoms with Crippen LogP contribution in [-0.2, 0) is 19.4 Å². The summed E-state index contributed by atoms with van der Waals surface area (Å²) in [5.74, 6) is -1.99. The van der Waals surface area contributed by atoms with Crippen LogP contribution in [0.5, 0.6) is 0 Å². The molecule has 31 heavy (non-hydrogen) atoms. The van der Waals surface area contributed by atoms with E-state index in [0.717, 1.165) is 4.90 Å². The van der Waals surface area contributed by atoms with Crippen LogP contribution in [0.15, 0.2) is 58.3 Å². The van der Waals surface area contributed by atoms with Crippen LogP contribution < -0.4 is 10.6 Å². The van der Waals surface area contributed by atoms with E-state index in [4.69, 9.17) is 16.3 Å². The van der Waals surface area contributed by atoms with Gasteiger partial charge in [0.25, 0.3) is 0 Å². The van der Waals surface area contributed by atoms with E-state index in [1.165, 1.54) is 18.2 Å². The van der Waals surface area contributed by atoms with Gasteiger partial charge in [0.05, 0.1) is 29.3 Å². The van der Waals surface area contributed by atoms with Crippen LogP contribution in [0.3, 0.4) is 0 Å². The topological polar surface area (TPSA) is 102 Å². The van der Waals surface area contributed by atoms with Crippen molar-refractivity contribution in [1.29, 1.82) is 0 Å². The Morgan fingerprint density at radius 3 is 2.48 bits per heavy atom. The first kappa shape index (κ1) is 23.4. The van der Waals surface area contributed by atoms with Crippen LogP contribution in [0.4, 0.5) is 4.79 Å². The maximum Gasteiger partial charge on any atom is 0.315 e. The molecule has 1 aliphatic heterocycles. The molecule has 1 aliphatic rings. The summed E-state index contributed by atoms with van der Waals surface area (Å²) >= 11 is 7.51. The molecule has 2 aromatic rings. The highest BCUT2D eigenvalue weighted by Gasteiger charge is 2.44. The third-order valence-corrected chi connectivity index (χ3v) is 7.73. The quantitative estimate of drug-likeness (QED) is 0.463. The molecule has 3 rings (SSSR count). The lowest BCUT2D eigenvalue weighted by molar-refractivity contribution is -0.150. The number of nitrogens with one attached hydrogen (secondary N) is 2. The van der Waals surface area contributed by atoms with E-state index in [0.29, 0.717) is 5.56 Å². The van der Waals surface area contributed by atoms with Crippen molar-refractivity contribution < 1.29 is 22.7 Å². The monoisotopic (exact) mass is 482 g/mol. The molecule has 2 amide bonds. The van der Waals surface area contributed by atoms with Crippen molar-refractivity contribution in [3.8, 4) is 0 Å². The number of esters is 1. The molecule has 0 spiro atoms. The number of carbonyl (C=O) groups is 2. The predicted molar refractivity (Wildman–Crippen MR) is 120 cm³/mol. The van der Waals surface area contributed by atoms with E-state index < -0.39 is 45.6 Å². The molecule has 7 nitrogen and oxygen atoms in total. The largest absolute Gasteiger partial charge is 0.466 e. The van der Waals surface area contributed by atoms with Crippen LogP contribution in [0.2, 0.25) is 5.02 Å². The third-order valence-electron chi connectivity index (χ3n) is 4.98. The molecule has 3 atom stereocenters. The van der Waals surface area contributed by atoms with Crippen molar-refractivity contribution in [2.45, 2.75) is 28.8 Å². The average Bonchev–Trinajstić information content (AvgIpc) is 2.73. The number of thioether (sulfide) groups is 1. The number of rotatable bonds is 7. The summed E-state index contributed by atoms with van der Waals surface area (Å²) < 4.78 is 31.3. The molecule has 0 bridgehead atoms. The Kier molecular flexibility index (Phi) is 7.51. The second-order valence-corrected chi connectivity index (χ2v) is 10.3. The van der Waals surface area contributed by atoms with Gasteiger partial charge in [0.15, 0.2) is 9.84 Å². The van der Waals surface area contributed by atoms with E-state index in [1.54, 1.807) is 24.8 Å². The number of urea groups is 1. The Balaban J connectivity index is 1.97. The Labute approximate surface area is 190 Å². The molecule has 3 unspecified atom stereocenters. The summed E-state index contributed by atoms with van der Waals surface area (Å²) in [5.41, 5.74) is 0.691. The van der Waals surface area contributed by atoms with Gasteiger partial charge in [-0.15, -0.1) is 11.8 Å². The predicted octanol–water partition coefficient (Wildman–Crippen LogP) is 3.44. The van der Waals surface area contributed by atoms with Gasteiger partial charge in [-0.1, -0.05) is 29.8 Å². The van der Waals surface area contributed by atoms with Gasteiger partial charge < -0.3 is 15.4 Å². The molecule has 1 heterocycles. The van der Waals surface area contributed by atoms with Gasteiger partial charge in [-0.2, -0.15) is 0 Å². The molecule has 1 saturated heterocycles. The summed E-state index contributed by atoms with van der Waals surface area (Å²) in [5, 5.41) is 5.63. The molecular formula is C21H23ClN2O5S2. The van der Waals surface area contributed by atoms with Crippen LogP contribution in [0.25, 0.3) is 0 Å². The second kappa shape index (κ2) is 9.93. The fourth-order valence-corrected chi connectivity index (χ4v) is 5.75. The van der Waals surface area contributed by atoms with Gasteiger partial charge in [-0.3, -0.25) is 4.79 Å². The molecule has 166 valence electrons. The highest BCUT2D eigenvalue weighted by Crippen LogP contribution is 2.32. The number of hydrogen-bond donors (Lipinski definition) is 2. The molecule has 2 aromatic carbocycles. The zero-order valence-electron chi connectivity index (χ0n) is 17.0. The molecule has 0 aromatic heterocycles. The highest BCUT2D eigenvalue weighted by atomic mass is 35.5. The van der Waals surface area contributed by atoms with Crippen molar-refractivity contribution in [2.75, 3.05) is 18.6 Å². The lowest BCUT2D eigenvalue weighted by atomic mass is 9.86. The molecule has 1 fully saturated rings. The standard InChI is InChI=1S/C21H23ClN2O5S2/c1-3-29-20(25)18-17(12-31(27,28)16-6-4-5-14(22)11-16)23-21(26)24-19(18)13-7-9-15(30-2)10-8-13/h4-11,17-19H,3,12H2,1-2H3,(H2,23,24,26). The molecule has 0 saturated carbocycles. The number of sulfone groups is 1.